The molecule has 16 nitrogen and oxygen atoms in total. The van der Waals surface area contributed by atoms with E-state index in [1.807, 2.05) is 11.0 Å². The number of aliphatic carboxylic acids is 1. The van der Waals surface area contributed by atoms with Gasteiger partial charge in [0.2, 0.25) is 12.1 Å². The minimum absolute atomic E-state index is 0.155. The van der Waals surface area contributed by atoms with Crippen LogP contribution < -0.4 is 5.32 Å². The number of aliphatic hydroxyl groups excluding tert-OH is 3. The average molecular weight is 755 g/mol. The fourth-order valence-corrected chi connectivity index (χ4v) is 8.13. The molecule has 5 rings (SSSR count). The normalized spacial score (nSPS) is 35.8. The van der Waals surface area contributed by atoms with Crippen molar-refractivity contribution < 1.29 is 69.0 Å². The predicted molar refractivity (Wildman–Crippen MR) is 186 cm³/mol. The standard InChI is InChI=1S/C37H58N2O14/c1-38-22-50-31-35(52-29(20-41)30(42)37(31,47)48)53-34-27(17-23-8-4-2-5-9-23)36(46,28(21-49-34)33(45)51-26-10-6-3-7-11-26)13-12-24-16-25(32(43)44)19-39(18-24)14-15-40/h12-13,17,21,24-27,29-31,34-35,38,40-42,46-48H,2-11,14-16,18-20,22H2,1H3,(H,43,44). The Bertz CT molecular complexity index is 1310. The Kier molecular flexibility index (Phi) is 14.9. The molecule has 0 aromatic heterocycles. The molecule has 0 spiro atoms. The van der Waals surface area contributed by atoms with E-state index in [1.165, 1.54) is 6.08 Å². The van der Waals surface area contributed by atoms with Gasteiger partial charge in [0.15, 0.2) is 12.4 Å². The molecule has 16 heteroatoms. The Morgan fingerprint density at radius 2 is 1.75 bits per heavy atom. The number of nitrogens with one attached hydrogen (secondary N) is 1. The van der Waals surface area contributed by atoms with Crippen LogP contribution in [0.15, 0.2) is 35.6 Å². The van der Waals surface area contributed by atoms with Crippen molar-refractivity contribution >= 4 is 11.9 Å². The number of piperidine rings is 1. The highest BCUT2D eigenvalue weighted by Crippen LogP contribution is 2.43. The van der Waals surface area contributed by atoms with E-state index in [0.29, 0.717) is 19.4 Å². The Morgan fingerprint density at radius 3 is 2.42 bits per heavy atom. The van der Waals surface area contributed by atoms with Gasteiger partial charge < -0.3 is 59.4 Å². The van der Waals surface area contributed by atoms with Crippen molar-refractivity contribution in [1.29, 1.82) is 0 Å². The van der Waals surface area contributed by atoms with Crippen LogP contribution in [0.5, 0.6) is 0 Å². The van der Waals surface area contributed by atoms with Crippen molar-refractivity contribution in [3.05, 3.63) is 35.6 Å². The largest absolute Gasteiger partial charge is 0.481 e. The molecule has 2 saturated heterocycles. The van der Waals surface area contributed by atoms with Crippen LogP contribution in [-0.2, 0) is 33.3 Å². The van der Waals surface area contributed by atoms with Gasteiger partial charge in [-0.25, -0.2) is 4.79 Å². The highest BCUT2D eigenvalue weighted by molar-refractivity contribution is 5.91. The summed E-state index contributed by atoms with van der Waals surface area (Å²) >= 11 is 0. The minimum Gasteiger partial charge on any atom is -0.481 e. The summed E-state index contributed by atoms with van der Waals surface area (Å²) in [6.45, 7) is -0.210. The summed E-state index contributed by atoms with van der Waals surface area (Å²) in [4.78, 5) is 27.9. The summed E-state index contributed by atoms with van der Waals surface area (Å²) < 4.78 is 29.7. The Morgan fingerprint density at radius 1 is 1.04 bits per heavy atom. The number of nitrogens with zero attached hydrogens (tertiary/aromatic N) is 1. The van der Waals surface area contributed by atoms with E-state index in [-0.39, 0.29) is 50.4 Å². The number of carboxylic acid groups (broad SMARTS) is 1. The lowest BCUT2D eigenvalue weighted by Crippen LogP contribution is -2.69. The average Bonchev–Trinajstić information content (AvgIpc) is 3.14. The van der Waals surface area contributed by atoms with Crippen LogP contribution in [0.1, 0.15) is 70.6 Å². The van der Waals surface area contributed by atoms with Gasteiger partial charge in [0, 0.05) is 19.6 Å². The maximum atomic E-state index is 14.0. The molecule has 0 aromatic rings. The first-order chi connectivity index (χ1) is 25.4. The van der Waals surface area contributed by atoms with Gasteiger partial charge in [-0.2, -0.15) is 0 Å². The maximum Gasteiger partial charge on any atom is 0.340 e. The number of carbonyl (C=O) groups excluding carboxylic acids is 1. The highest BCUT2D eigenvalue weighted by atomic mass is 16.8. The number of carboxylic acids is 1. The quantitative estimate of drug-likeness (QED) is 0.0674. The predicted octanol–water partition coefficient (Wildman–Crippen LogP) is 0.249. The molecule has 0 radical (unpaired) electrons. The van der Waals surface area contributed by atoms with E-state index in [2.05, 4.69) is 5.32 Å². The number of allylic oxidation sites excluding steroid dienone is 1. The molecule has 9 atom stereocenters. The molecule has 3 heterocycles. The molecule has 4 fully saturated rings. The Labute approximate surface area is 310 Å². The zero-order valence-electron chi connectivity index (χ0n) is 30.5. The third kappa shape index (κ3) is 10.0. The molecule has 9 unspecified atom stereocenters. The molecule has 5 aliphatic rings. The zero-order chi connectivity index (χ0) is 38.2. The van der Waals surface area contributed by atoms with Crippen molar-refractivity contribution in [3.8, 4) is 0 Å². The van der Waals surface area contributed by atoms with Gasteiger partial charge >= 0.3 is 11.9 Å². The Balaban J connectivity index is 1.55. The molecule has 3 aliphatic heterocycles. The first-order valence-corrected chi connectivity index (χ1v) is 19.0. The van der Waals surface area contributed by atoms with E-state index in [1.54, 1.807) is 13.1 Å². The lowest BCUT2D eigenvalue weighted by molar-refractivity contribution is -0.412. The van der Waals surface area contributed by atoms with Crippen LogP contribution in [0.3, 0.4) is 0 Å². The molecule has 0 amide bonds. The Hall–Kier alpha value is -2.48. The van der Waals surface area contributed by atoms with Crippen LogP contribution in [-0.4, -0.2) is 148 Å². The lowest BCUT2D eigenvalue weighted by atomic mass is 9.75. The second-order valence-electron chi connectivity index (χ2n) is 15.0. The summed E-state index contributed by atoms with van der Waals surface area (Å²) in [5, 5.41) is 77.8. The van der Waals surface area contributed by atoms with Crippen molar-refractivity contribution in [1.82, 2.24) is 10.2 Å². The van der Waals surface area contributed by atoms with Crippen LogP contribution in [0.25, 0.3) is 0 Å². The van der Waals surface area contributed by atoms with Crippen LogP contribution >= 0.6 is 0 Å². The number of rotatable bonds is 14. The fraction of sp³-hybridized carbons (Fsp3) is 0.784. The number of esters is 1. The van der Waals surface area contributed by atoms with Gasteiger partial charge in [-0.15, -0.1) is 0 Å². The van der Waals surface area contributed by atoms with Crippen molar-refractivity contribution in [3.63, 3.8) is 0 Å². The molecule has 53 heavy (non-hydrogen) atoms. The minimum atomic E-state index is -2.94. The number of ether oxygens (including phenoxy) is 5. The number of β-amino-alcohol motifs (C(OH)–C–C–N with tert-alkyl or cyclic N) is 1. The van der Waals surface area contributed by atoms with Crippen LogP contribution in [0.4, 0.5) is 0 Å². The van der Waals surface area contributed by atoms with Gasteiger partial charge in [-0.3, -0.25) is 15.0 Å². The lowest BCUT2D eigenvalue weighted by Gasteiger charge is -2.48. The molecule has 2 aliphatic carbocycles. The monoisotopic (exact) mass is 754 g/mol. The highest BCUT2D eigenvalue weighted by Gasteiger charge is 2.58. The number of hydrogen-bond donors (Lipinski definition) is 8. The molecular formula is C37H58N2O14. The number of likely N-dealkylation sites (tertiary alicyclic amines) is 1. The molecule has 2 saturated carbocycles. The first-order valence-electron chi connectivity index (χ1n) is 19.0. The van der Waals surface area contributed by atoms with Crippen molar-refractivity contribution in [2.75, 3.05) is 46.6 Å². The summed E-state index contributed by atoms with van der Waals surface area (Å²) in [6.07, 6.45) is 6.15. The summed E-state index contributed by atoms with van der Waals surface area (Å²) in [5.41, 5.74) is -1.34. The first kappa shape index (κ1) is 41.7. The van der Waals surface area contributed by atoms with E-state index in [9.17, 15) is 45.3 Å². The smallest absolute Gasteiger partial charge is 0.340 e. The van der Waals surface area contributed by atoms with E-state index in [0.717, 1.165) is 63.2 Å². The van der Waals surface area contributed by atoms with E-state index in [4.69, 9.17) is 23.7 Å². The third-order valence-electron chi connectivity index (χ3n) is 11.1. The summed E-state index contributed by atoms with van der Waals surface area (Å²) in [6, 6.07) is 0. The molecule has 0 bridgehead atoms. The maximum absolute atomic E-state index is 14.0. The van der Waals surface area contributed by atoms with E-state index >= 15 is 0 Å². The van der Waals surface area contributed by atoms with Crippen molar-refractivity contribution in [2.24, 2.45) is 17.8 Å². The van der Waals surface area contributed by atoms with Gasteiger partial charge in [0.25, 0.3) is 0 Å². The second-order valence-corrected chi connectivity index (χ2v) is 15.0. The SMILES string of the molecule is CNCOC1C(OC2OC=C(C(=O)OC3CCCCC3)C(O)(C=CC3CC(C(=O)O)CN(CCO)C3)C2C=C2CCCCC2)OC(CO)C(O)C1(O)O. The van der Waals surface area contributed by atoms with Crippen LogP contribution in [0.2, 0.25) is 0 Å². The molecule has 8 N–H and O–H groups in total. The molecule has 0 aromatic carbocycles. The van der Waals surface area contributed by atoms with Gasteiger partial charge in [0.1, 0.15) is 35.7 Å². The van der Waals surface area contributed by atoms with Gasteiger partial charge in [-0.1, -0.05) is 36.6 Å². The second kappa shape index (κ2) is 18.9. The molecular weight excluding hydrogens is 696 g/mol. The third-order valence-corrected chi connectivity index (χ3v) is 11.1. The number of carbonyl (C=O) groups is 2. The summed E-state index contributed by atoms with van der Waals surface area (Å²) in [5.74, 6) is -6.94. The molecule has 300 valence electrons. The van der Waals surface area contributed by atoms with Gasteiger partial charge in [-0.05, 0) is 70.8 Å². The number of hydrogen-bond acceptors (Lipinski definition) is 15. The summed E-state index contributed by atoms with van der Waals surface area (Å²) in [7, 11) is 1.55. The number of aliphatic hydroxyl groups is 6. The van der Waals surface area contributed by atoms with Crippen molar-refractivity contribution in [2.45, 2.75) is 119 Å². The van der Waals surface area contributed by atoms with E-state index < -0.39 is 72.7 Å². The zero-order valence-corrected chi connectivity index (χ0v) is 30.5. The topological polar surface area (TPSA) is 237 Å². The fourth-order valence-electron chi connectivity index (χ4n) is 8.13. The van der Waals surface area contributed by atoms with Crippen LogP contribution in [0, 0.1) is 17.8 Å². The van der Waals surface area contributed by atoms with Gasteiger partial charge in [0.05, 0.1) is 31.8 Å².